The van der Waals surface area contributed by atoms with Crippen LogP contribution < -0.4 is 10.6 Å². The highest BCUT2D eigenvalue weighted by Crippen LogP contribution is 2.20. The zero-order chi connectivity index (χ0) is 15.2. The van der Waals surface area contributed by atoms with Crippen molar-refractivity contribution >= 4 is 29.3 Å². The Kier molecular flexibility index (Phi) is 5.41. The Morgan fingerprint density at radius 1 is 1.33 bits per heavy atom. The Hall–Kier alpha value is -1.79. The lowest BCUT2D eigenvalue weighted by Crippen LogP contribution is -2.35. The number of aromatic carboxylic acids is 1. The van der Waals surface area contributed by atoms with Crippen LogP contribution in [-0.2, 0) is 4.74 Å². The molecule has 0 radical (unpaired) electrons. The molecule has 0 saturated carbocycles. The SMILES string of the molecule is O=C(NCC1CCOCC1)Nc1ccc(Cl)cc1C(=O)O. The number of nitrogens with one attached hydrogen (secondary N) is 2. The summed E-state index contributed by atoms with van der Waals surface area (Å²) in [5.41, 5.74) is 0.181. The zero-order valence-electron chi connectivity index (χ0n) is 11.4. The van der Waals surface area contributed by atoms with Crippen molar-refractivity contribution in [3.8, 4) is 0 Å². The molecule has 1 aromatic carbocycles. The molecule has 2 rings (SSSR count). The van der Waals surface area contributed by atoms with Crippen LogP contribution in [0.2, 0.25) is 5.02 Å². The first kappa shape index (κ1) is 15.6. The van der Waals surface area contributed by atoms with Crippen LogP contribution in [-0.4, -0.2) is 36.9 Å². The Morgan fingerprint density at radius 2 is 2.05 bits per heavy atom. The number of carbonyl (C=O) groups excluding carboxylic acids is 1. The lowest BCUT2D eigenvalue weighted by molar-refractivity contribution is 0.0670. The van der Waals surface area contributed by atoms with E-state index in [-0.39, 0.29) is 11.3 Å². The fourth-order valence-corrected chi connectivity index (χ4v) is 2.33. The first-order chi connectivity index (χ1) is 10.1. The molecular weight excluding hydrogens is 296 g/mol. The summed E-state index contributed by atoms with van der Waals surface area (Å²) in [5.74, 6) is -0.745. The number of halogens is 1. The fraction of sp³-hybridized carbons (Fsp3) is 0.429. The molecule has 3 N–H and O–H groups in total. The van der Waals surface area contributed by atoms with Gasteiger partial charge in [-0.15, -0.1) is 0 Å². The molecule has 0 unspecified atom stereocenters. The van der Waals surface area contributed by atoms with Crippen LogP contribution in [0.15, 0.2) is 18.2 Å². The minimum absolute atomic E-state index is 0.0382. The van der Waals surface area contributed by atoms with Gasteiger partial charge in [-0.05, 0) is 37.0 Å². The van der Waals surface area contributed by atoms with Gasteiger partial charge in [-0.2, -0.15) is 0 Å². The Labute approximate surface area is 127 Å². The third kappa shape index (κ3) is 4.61. The number of hydrogen-bond donors (Lipinski definition) is 3. The van der Waals surface area contributed by atoms with E-state index in [2.05, 4.69) is 10.6 Å². The number of anilines is 1. The summed E-state index contributed by atoms with van der Waals surface area (Å²) in [6.45, 7) is 1.98. The summed E-state index contributed by atoms with van der Waals surface area (Å²) in [6, 6.07) is 3.88. The van der Waals surface area contributed by atoms with E-state index < -0.39 is 12.0 Å². The van der Waals surface area contributed by atoms with Gasteiger partial charge in [0.2, 0.25) is 0 Å². The topological polar surface area (TPSA) is 87.7 Å². The van der Waals surface area contributed by atoms with E-state index in [1.807, 2.05) is 0 Å². The molecule has 21 heavy (non-hydrogen) atoms. The molecule has 2 amide bonds. The van der Waals surface area contributed by atoms with E-state index in [0.29, 0.717) is 30.7 Å². The Balaban J connectivity index is 1.91. The molecule has 114 valence electrons. The minimum atomic E-state index is -1.14. The molecule has 0 aromatic heterocycles. The van der Waals surface area contributed by atoms with Crippen LogP contribution in [0.1, 0.15) is 23.2 Å². The van der Waals surface area contributed by atoms with Crippen molar-refractivity contribution < 1.29 is 19.4 Å². The minimum Gasteiger partial charge on any atom is -0.478 e. The highest BCUT2D eigenvalue weighted by atomic mass is 35.5. The first-order valence-electron chi connectivity index (χ1n) is 6.71. The average Bonchev–Trinajstić information content (AvgIpc) is 2.48. The van der Waals surface area contributed by atoms with Gasteiger partial charge < -0.3 is 20.5 Å². The molecule has 0 aliphatic carbocycles. The number of rotatable bonds is 4. The molecule has 0 spiro atoms. The molecular formula is C14H17ClN2O4. The van der Waals surface area contributed by atoms with Crippen molar-refractivity contribution in [3.63, 3.8) is 0 Å². The number of urea groups is 1. The Morgan fingerprint density at radius 3 is 2.71 bits per heavy atom. The maximum absolute atomic E-state index is 11.8. The van der Waals surface area contributed by atoms with Crippen molar-refractivity contribution in [3.05, 3.63) is 28.8 Å². The molecule has 1 heterocycles. The second-order valence-corrected chi connectivity index (χ2v) is 5.32. The van der Waals surface area contributed by atoms with Gasteiger partial charge in [0, 0.05) is 24.8 Å². The lowest BCUT2D eigenvalue weighted by Gasteiger charge is -2.22. The number of carbonyl (C=O) groups is 2. The van der Waals surface area contributed by atoms with Gasteiger partial charge in [0.05, 0.1) is 11.3 Å². The lowest BCUT2D eigenvalue weighted by atomic mass is 10.0. The predicted molar refractivity (Wildman–Crippen MR) is 79.0 cm³/mol. The van der Waals surface area contributed by atoms with Gasteiger partial charge in [0.25, 0.3) is 0 Å². The van der Waals surface area contributed by atoms with Crippen molar-refractivity contribution in [1.82, 2.24) is 5.32 Å². The molecule has 1 aromatic rings. The van der Waals surface area contributed by atoms with Gasteiger partial charge >= 0.3 is 12.0 Å². The van der Waals surface area contributed by atoms with Crippen LogP contribution in [0.4, 0.5) is 10.5 Å². The van der Waals surface area contributed by atoms with Crippen LogP contribution in [0.3, 0.4) is 0 Å². The van der Waals surface area contributed by atoms with Crippen LogP contribution >= 0.6 is 11.6 Å². The van der Waals surface area contributed by atoms with Crippen molar-refractivity contribution in [2.24, 2.45) is 5.92 Å². The standard InChI is InChI=1S/C14H17ClN2O4/c15-10-1-2-12(11(7-10)13(18)19)17-14(20)16-8-9-3-5-21-6-4-9/h1-2,7,9H,3-6,8H2,(H,18,19)(H2,16,17,20). The second kappa shape index (κ2) is 7.28. The van der Waals surface area contributed by atoms with E-state index in [1.165, 1.54) is 18.2 Å². The summed E-state index contributed by atoms with van der Waals surface area (Å²) in [7, 11) is 0. The number of hydrogen-bond acceptors (Lipinski definition) is 3. The van der Waals surface area contributed by atoms with Gasteiger partial charge in [-0.1, -0.05) is 11.6 Å². The number of carboxylic acids is 1. The van der Waals surface area contributed by atoms with E-state index in [1.54, 1.807) is 0 Å². The highest BCUT2D eigenvalue weighted by Gasteiger charge is 2.16. The van der Waals surface area contributed by atoms with E-state index in [4.69, 9.17) is 21.4 Å². The molecule has 1 aliphatic heterocycles. The van der Waals surface area contributed by atoms with Gasteiger partial charge in [-0.25, -0.2) is 9.59 Å². The van der Waals surface area contributed by atoms with E-state index in [0.717, 1.165) is 12.8 Å². The number of amides is 2. The largest absolute Gasteiger partial charge is 0.478 e. The number of ether oxygens (including phenoxy) is 1. The van der Waals surface area contributed by atoms with Crippen LogP contribution in [0, 0.1) is 5.92 Å². The summed E-state index contributed by atoms with van der Waals surface area (Å²) in [6.07, 6.45) is 1.84. The van der Waals surface area contributed by atoms with Crippen molar-refractivity contribution in [2.75, 3.05) is 25.1 Å². The second-order valence-electron chi connectivity index (χ2n) is 4.89. The highest BCUT2D eigenvalue weighted by molar-refractivity contribution is 6.31. The molecule has 1 fully saturated rings. The summed E-state index contributed by atoms with van der Waals surface area (Å²) in [4.78, 5) is 23.0. The third-order valence-corrected chi connectivity index (χ3v) is 3.59. The quantitative estimate of drug-likeness (QED) is 0.797. The third-order valence-electron chi connectivity index (χ3n) is 3.35. The first-order valence-corrected chi connectivity index (χ1v) is 7.09. The van der Waals surface area contributed by atoms with Gasteiger partial charge in [0.15, 0.2) is 0 Å². The van der Waals surface area contributed by atoms with Gasteiger partial charge in [-0.3, -0.25) is 0 Å². The van der Waals surface area contributed by atoms with Crippen LogP contribution in [0.25, 0.3) is 0 Å². The maximum Gasteiger partial charge on any atom is 0.337 e. The van der Waals surface area contributed by atoms with E-state index in [9.17, 15) is 9.59 Å². The summed E-state index contributed by atoms with van der Waals surface area (Å²) >= 11 is 5.76. The molecule has 0 atom stereocenters. The molecule has 1 saturated heterocycles. The normalized spacial score (nSPS) is 15.5. The molecule has 6 nitrogen and oxygen atoms in total. The number of carboxylic acid groups (broad SMARTS) is 1. The monoisotopic (exact) mass is 312 g/mol. The van der Waals surface area contributed by atoms with Crippen LogP contribution in [0.5, 0.6) is 0 Å². The van der Waals surface area contributed by atoms with Crippen molar-refractivity contribution in [2.45, 2.75) is 12.8 Å². The zero-order valence-corrected chi connectivity index (χ0v) is 12.2. The molecule has 7 heteroatoms. The Bertz CT molecular complexity index is 530. The van der Waals surface area contributed by atoms with E-state index >= 15 is 0 Å². The molecule has 1 aliphatic rings. The molecule has 0 bridgehead atoms. The summed E-state index contributed by atoms with van der Waals surface area (Å²) in [5, 5.41) is 14.7. The number of benzene rings is 1. The average molecular weight is 313 g/mol. The summed E-state index contributed by atoms with van der Waals surface area (Å²) < 4.78 is 5.25. The fourth-order valence-electron chi connectivity index (χ4n) is 2.16. The van der Waals surface area contributed by atoms with Crippen molar-refractivity contribution in [1.29, 1.82) is 0 Å². The predicted octanol–water partition coefficient (Wildman–Crippen LogP) is 2.59. The van der Waals surface area contributed by atoms with Gasteiger partial charge in [0.1, 0.15) is 0 Å². The maximum atomic E-state index is 11.8. The smallest absolute Gasteiger partial charge is 0.337 e.